The molecule has 120 valence electrons. The monoisotopic (exact) mass is 314 g/mol. The van der Waals surface area contributed by atoms with E-state index < -0.39 is 0 Å². The van der Waals surface area contributed by atoms with E-state index in [2.05, 4.69) is 24.0 Å². The molecule has 1 aromatic carbocycles. The lowest BCUT2D eigenvalue weighted by atomic mass is 9.90. The molecule has 5 heteroatoms. The van der Waals surface area contributed by atoms with Crippen LogP contribution in [-0.4, -0.2) is 44.9 Å². The van der Waals surface area contributed by atoms with Crippen LogP contribution in [-0.2, 0) is 11.3 Å². The maximum absolute atomic E-state index is 5.85. The van der Waals surface area contributed by atoms with E-state index in [1.54, 1.807) is 7.11 Å². The first-order valence-electron chi connectivity index (χ1n) is 7.28. The zero-order valence-electron chi connectivity index (χ0n) is 13.0. The van der Waals surface area contributed by atoms with E-state index in [1.165, 1.54) is 12.0 Å². The van der Waals surface area contributed by atoms with Crippen molar-refractivity contribution in [2.75, 3.05) is 40.0 Å². The minimum atomic E-state index is 0. The topological polar surface area (TPSA) is 47.7 Å². The summed E-state index contributed by atoms with van der Waals surface area (Å²) in [7, 11) is 1.68. The van der Waals surface area contributed by atoms with Gasteiger partial charge in [0.05, 0.1) is 6.61 Å². The van der Waals surface area contributed by atoms with Crippen molar-refractivity contribution in [2.45, 2.75) is 19.9 Å². The van der Waals surface area contributed by atoms with Gasteiger partial charge >= 0.3 is 0 Å². The van der Waals surface area contributed by atoms with Crippen LogP contribution in [0.2, 0.25) is 0 Å². The van der Waals surface area contributed by atoms with E-state index in [0.29, 0.717) is 18.6 Å². The van der Waals surface area contributed by atoms with Crippen molar-refractivity contribution in [3.05, 3.63) is 29.8 Å². The Bertz CT molecular complexity index is 413. The molecule has 0 spiro atoms. The number of hydrogen-bond donors (Lipinski definition) is 1. The van der Waals surface area contributed by atoms with Crippen LogP contribution in [0.4, 0.5) is 0 Å². The van der Waals surface area contributed by atoms with Crippen LogP contribution in [0, 0.1) is 5.41 Å². The van der Waals surface area contributed by atoms with Crippen LogP contribution in [0.15, 0.2) is 24.3 Å². The van der Waals surface area contributed by atoms with Gasteiger partial charge in [0.2, 0.25) is 0 Å². The molecule has 1 aliphatic heterocycles. The number of ether oxygens (including phenoxy) is 2. The lowest BCUT2D eigenvalue weighted by Crippen LogP contribution is -2.31. The predicted molar refractivity (Wildman–Crippen MR) is 88.1 cm³/mol. The van der Waals surface area contributed by atoms with Crippen LogP contribution in [0.3, 0.4) is 0 Å². The molecule has 0 saturated carbocycles. The van der Waals surface area contributed by atoms with Gasteiger partial charge in [-0.2, -0.15) is 0 Å². The highest BCUT2D eigenvalue weighted by molar-refractivity contribution is 5.85. The molecule has 0 bridgehead atoms. The standard InChI is InChI=1S/C16H26N2O2.ClH/c1-16(12-17)7-8-18(13-16)11-14-3-5-15(6-4-14)20-10-9-19-2;/h3-6H,7-13,17H2,1-2H3;1H. The Morgan fingerprint density at radius 1 is 1.24 bits per heavy atom. The Morgan fingerprint density at radius 3 is 2.52 bits per heavy atom. The van der Waals surface area contributed by atoms with Crippen LogP contribution < -0.4 is 10.5 Å². The minimum Gasteiger partial charge on any atom is -0.491 e. The minimum absolute atomic E-state index is 0. The Kier molecular flexibility index (Phi) is 7.46. The zero-order valence-corrected chi connectivity index (χ0v) is 13.8. The lowest BCUT2D eigenvalue weighted by molar-refractivity contribution is 0.146. The van der Waals surface area contributed by atoms with Gasteiger partial charge in [0.1, 0.15) is 12.4 Å². The average Bonchev–Trinajstić information content (AvgIpc) is 2.83. The van der Waals surface area contributed by atoms with Gasteiger partial charge in [0.15, 0.2) is 0 Å². The normalized spacial score (nSPS) is 22.0. The molecule has 0 amide bonds. The van der Waals surface area contributed by atoms with Gasteiger partial charge in [-0.3, -0.25) is 4.90 Å². The van der Waals surface area contributed by atoms with Gasteiger partial charge in [0, 0.05) is 20.2 Å². The molecule has 0 aromatic heterocycles. The van der Waals surface area contributed by atoms with Crippen molar-refractivity contribution in [1.29, 1.82) is 0 Å². The first-order valence-corrected chi connectivity index (χ1v) is 7.28. The maximum atomic E-state index is 5.85. The van der Waals surface area contributed by atoms with E-state index in [4.69, 9.17) is 15.2 Å². The highest BCUT2D eigenvalue weighted by Gasteiger charge is 2.32. The molecular formula is C16H27ClN2O2. The summed E-state index contributed by atoms with van der Waals surface area (Å²) in [6.07, 6.45) is 1.20. The Labute approximate surface area is 134 Å². The molecule has 1 saturated heterocycles. The predicted octanol–water partition coefficient (Wildman–Crippen LogP) is 2.30. The van der Waals surface area contributed by atoms with E-state index in [1.807, 2.05) is 12.1 Å². The first-order chi connectivity index (χ1) is 9.65. The number of hydrogen-bond acceptors (Lipinski definition) is 4. The fraction of sp³-hybridized carbons (Fsp3) is 0.625. The molecule has 21 heavy (non-hydrogen) atoms. The number of nitrogens with two attached hydrogens (primary N) is 1. The molecule has 1 heterocycles. The Balaban J connectivity index is 0.00000220. The second kappa shape index (κ2) is 8.59. The average molecular weight is 315 g/mol. The van der Waals surface area contributed by atoms with Crippen molar-refractivity contribution in [3.63, 3.8) is 0 Å². The summed E-state index contributed by atoms with van der Waals surface area (Å²) < 4.78 is 10.5. The van der Waals surface area contributed by atoms with Crippen molar-refractivity contribution in [3.8, 4) is 5.75 Å². The Hall–Kier alpha value is -0.810. The van der Waals surface area contributed by atoms with Crippen molar-refractivity contribution in [2.24, 2.45) is 11.1 Å². The van der Waals surface area contributed by atoms with Gasteiger partial charge in [-0.05, 0) is 42.6 Å². The number of methoxy groups -OCH3 is 1. The lowest BCUT2D eigenvalue weighted by Gasteiger charge is -2.22. The van der Waals surface area contributed by atoms with E-state index in [9.17, 15) is 0 Å². The summed E-state index contributed by atoms with van der Waals surface area (Å²) in [6, 6.07) is 8.34. The maximum Gasteiger partial charge on any atom is 0.119 e. The van der Waals surface area contributed by atoms with Crippen LogP contribution in [0.5, 0.6) is 5.75 Å². The van der Waals surface area contributed by atoms with Crippen molar-refractivity contribution >= 4 is 12.4 Å². The molecule has 2 rings (SSSR count). The highest BCUT2D eigenvalue weighted by atomic mass is 35.5. The molecule has 1 aromatic rings. The third kappa shape index (κ3) is 5.47. The first kappa shape index (κ1) is 18.2. The molecule has 1 unspecified atom stereocenters. The van der Waals surface area contributed by atoms with E-state index in [-0.39, 0.29) is 12.4 Å². The highest BCUT2D eigenvalue weighted by Crippen LogP contribution is 2.29. The van der Waals surface area contributed by atoms with Gasteiger partial charge < -0.3 is 15.2 Å². The molecule has 0 aliphatic carbocycles. The third-order valence-electron chi connectivity index (χ3n) is 4.02. The van der Waals surface area contributed by atoms with E-state index in [0.717, 1.165) is 31.9 Å². The van der Waals surface area contributed by atoms with Crippen LogP contribution in [0.25, 0.3) is 0 Å². The number of rotatable bonds is 7. The van der Waals surface area contributed by atoms with Crippen molar-refractivity contribution < 1.29 is 9.47 Å². The number of halogens is 1. The van der Waals surface area contributed by atoms with Gasteiger partial charge in [0.25, 0.3) is 0 Å². The SMILES string of the molecule is COCCOc1ccc(CN2CCC(C)(CN)C2)cc1.Cl. The number of nitrogens with zero attached hydrogens (tertiary/aromatic N) is 1. The molecule has 1 aliphatic rings. The largest absolute Gasteiger partial charge is 0.491 e. The van der Waals surface area contributed by atoms with Gasteiger partial charge in [-0.25, -0.2) is 0 Å². The molecule has 0 radical (unpaired) electrons. The second-order valence-corrected chi connectivity index (χ2v) is 5.96. The van der Waals surface area contributed by atoms with Crippen LogP contribution in [0.1, 0.15) is 18.9 Å². The fourth-order valence-electron chi connectivity index (χ4n) is 2.62. The quantitative estimate of drug-likeness (QED) is 0.785. The van der Waals surface area contributed by atoms with E-state index >= 15 is 0 Å². The van der Waals surface area contributed by atoms with Crippen molar-refractivity contribution in [1.82, 2.24) is 4.90 Å². The summed E-state index contributed by atoms with van der Waals surface area (Å²) in [5.41, 5.74) is 7.47. The molecule has 4 nitrogen and oxygen atoms in total. The zero-order chi connectivity index (χ0) is 14.4. The molecular weight excluding hydrogens is 288 g/mol. The fourth-order valence-corrected chi connectivity index (χ4v) is 2.62. The molecule has 2 N–H and O–H groups in total. The summed E-state index contributed by atoms with van der Waals surface area (Å²) in [4.78, 5) is 2.48. The molecule has 1 fully saturated rings. The van der Waals surface area contributed by atoms with Crippen LogP contribution >= 0.6 is 12.4 Å². The summed E-state index contributed by atoms with van der Waals surface area (Å²) >= 11 is 0. The summed E-state index contributed by atoms with van der Waals surface area (Å²) in [5.74, 6) is 0.902. The smallest absolute Gasteiger partial charge is 0.119 e. The van der Waals surface area contributed by atoms with Gasteiger partial charge in [-0.1, -0.05) is 19.1 Å². The number of benzene rings is 1. The second-order valence-electron chi connectivity index (χ2n) is 5.96. The number of likely N-dealkylation sites (tertiary alicyclic amines) is 1. The third-order valence-corrected chi connectivity index (χ3v) is 4.02. The van der Waals surface area contributed by atoms with Gasteiger partial charge in [-0.15, -0.1) is 12.4 Å². The molecule has 1 atom stereocenters. The Morgan fingerprint density at radius 2 is 1.95 bits per heavy atom. The summed E-state index contributed by atoms with van der Waals surface area (Å²) in [6.45, 7) is 7.49. The summed E-state index contributed by atoms with van der Waals surface area (Å²) in [5, 5.41) is 0.